The molecule has 0 saturated heterocycles. The van der Waals surface area contributed by atoms with Crippen LogP contribution in [0.2, 0.25) is 0 Å². The van der Waals surface area contributed by atoms with Crippen LogP contribution < -0.4 is 0 Å². The second kappa shape index (κ2) is 6.86. The Morgan fingerprint density at radius 3 is 2.14 bits per heavy atom. The van der Waals surface area contributed by atoms with E-state index in [9.17, 15) is 15.0 Å². The predicted octanol–water partition coefficient (Wildman–Crippen LogP) is -2.07. The highest BCUT2D eigenvalue weighted by Gasteiger charge is 2.31. The zero-order valence-corrected chi connectivity index (χ0v) is 8.16. The smallest absolute Gasteiger partial charge is 0.151 e. The Morgan fingerprint density at radius 1 is 1.21 bits per heavy atom. The second-order valence-electron chi connectivity index (χ2n) is 2.84. The van der Waals surface area contributed by atoms with Crippen LogP contribution in [-0.2, 0) is 14.3 Å². The van der Waals surface area contributed by atoms with Gasteiger partial charge >= 0.3 is 0 Å². The van der Waals surface area contributed by atoms with Crippen molar-refractivity contribution in [2.45, 2.75) is 24.4 Å². The van der Waals surface area contributed by atoms with E-state index in [0.717, 1.165) is 0 Å². The third-order valence-corrected chi connectivity index (χ3v) is 1.85. The average Bonchev–Trinajstić information content (AvgIpc) is 2.22. The molecule has 0 aromatic rings. The average molecular weight is 208 g/mol. The fourth-order valence-corrected chi connectivity index (χ4v) is 0.973. The highest BCUT2D eigenvalue weighted by Crippen LogP contribution is 2.07. The number of aliphatic hydroxyl groups excluding tert-OH is 3. The maximum atomic E-state index is 10.1. The molecule has 0 unspecified atom stereocenters. The molecule has 0 rings (SSSR count). The van der Waals surface area contributed by atoms with Gasteiger partial charge in [-0.25, -0.2) is 0 Å². The Balaban J connectivity index is 4.24. The molecule has 84 valence electrons. The van der Waals surface area contributed by atoms with Gasteiger partial charge in [0.2, 0.25) is 0 Å². The Kier molecular flexibility index (Phi) is 6.60. The lowest BCUT2D eigenvalue weighted by Crippen LogP contribution is -2.47. The van der Waals surface area contributed by atoms with Gasteiger partial charge in [0.05, 0.1) is 6.61 Å². The molecule has 0 aliphatic carbocycles. The number of methoxy groups -OCH3 is 2. The van der Waals surface area contributed by atoms with Crippen LogP contribution in [0.3, 0.4) is 0 Å². The summed E-state index contributed by atoms with van der Waals surface area (Å²) in [4.78, 5) is 10.1. The Morgan fingerprint density at radius 2 is 1.79 bits per heavy atom. The van der Waals surface area contributed by atoms with Gasteiger partial charge in [-0.2, -0.15) is 0 Å². The van der Waals surface area contributed by atoms with Crippen molar-refractivity contribution in [3.8, 4) is 0 Å². The number of aldehydes is 1. The van der Waals surface area contributed by atoms with Crippen molar-refractivity contribution in [2.24, 2.45) is 0 Å². The van der Waals surface area contributed by atoms with E-state index in [1.54, 1.807) is 0 Å². The van der Waals surface area contributed by atoms with Gasteiger partial charge in [0, 0.05) is 14.2 Å². The minimum Gasteiger partial charge on any atom is -0.387 e. The fraction of sp³-hybridized carbons (Fsp3) is 0.875. The van der Waals surface area contributed by atoms with Crippen molar-refractivity contribution < 1.29 is 29.6 Å². The van der Waals surface area contributed by atoms with Crippen LogP contribution in [0.1, 0.15) is 0 Å². The molecule has 3 N–H and O–H groups in total. The number of carbonyl (C=O) groups excluding carboxylic acids is 1. The maximum Gasteiger partial charge on any atom is 0.151 e. The molecular weight excluding hydrogens is 192 g/mol. The van der Waals surface area contributed by atoms with E-state index in [-0.39, 0.29) is 12.9 Å². The molecule has 0 heterocycles. The summed E-state index contributed by atoms with van der Waals surface area (Å²) >= 11 is 0. The molecule has 14 heavy (non-hydrogen) atoms. The second-order valence-corrected chi connectivity index (χ2v) is 2.84. The molecule has 0 radical (unpaired) electrons. The maximum absolute atomic E-state index is 10.1. The van der Waals surface area contributed by atoms with E-state index >= 15 is 0 Å². The van der Waals surface area contributed by atoms with E-state index < -0.39 is 24.4 Å². The third-order valence-electron chi connectivity index (χ3n) is 1.85. The van der Waals surface area contributed by atoms with Gasteiger partial charge in [0.1, 0.15) is 24.4 Å². The van der Waals surface area contributed by atoms with Gasteiger partial charge in [-0.05, 0) is 0 Å². The van der Waals surface area contributed by atoms with E-state index in [4.69, 9.17) is 14.6 Å². The van der Waals surface area contributed by atoms with Gasteiger partial charge in [-0.15, -0.1) is 0 Å². The summed E-state index contributed by atoms with van der Waals surface area (Å²) in [6.07, 6.45) is -5.22. The van der Waals surface area contributed by atoms with E-state index in [1.807, 2.05) is 0 Å². The molecule has 0 aliphatic heterocycles. The Labute approximate surface area is 82.1 Å². The molecule has 0 aromatic heterocycles. The van der Waals surface area contributed by atoms with Gasteiger partial charge in [0.25, 0.3) is 0 Å². The van der Waals surface area contributed by atoms with Crippen LogP contribution in [0.4, 0.5) is 0 Å². The van der Waals surface area contributed by atoms with Crippen molar-refractivity contribution >= 4 is 6.29 Å². The Bertz CT molecular complexity index is 162. The lowest BCUT2D eigenvalue weighted by atomic mass is 10.0. The SMILES string of the molecule is COC[C@@H](OC)[C@@H](O)[C@H](O)[C@@H](O)C=O. The molecular formula is C8H16O6. The topological polar surface area (TPSA) is 96.2 Å². The molecule has 6 heteroatoms. The van der Waals surface area contributed by atoms with Crippen LogP contribution >= 0.6 is 0 Å². The first-order valence-corrected chi connectivity index (χ1v) is 4.09. The lowest BCUT2D eigenvalue weighted by molar-refractivity contribution is -0.141. The third kappa shape index (κ3) is 3.69. The molecule has 6 nitrogen and oxygen atoms in total. The zero-order chi connectivity index (χ0) is 11.1. The summed E-state index contributed by atoms with van der Waals surface area (Å²) in [6.45, 7) is 0.0559. The largest absolute Gasteiger partial charge is 0.387 e. The predicted molar refractivity (Wildman–Crippen MR) is 46.8 cm³/mol. The van der Waals surface area contributed by atoms with Crippen LogP contribution in [0.15, 0.2) is 0 Å². The number of hydrogen-bond acceptors (Lipinski definition) is 6. The number of hydrogen-bond donors (Lipinski definition) is 3. The standard InChI is InChI=1S/C8H16O6/c1-13-4-6(14-2)8(12)7(11)5(10)3-9/h3,5-8,10-12H,4H2,1-2H3/t5-,6+,7+,8+/m0/s1. The number of carbonyl (C=O) groups is 1. The summed E-state index contributed by atoms with van der Waals surface area (Å²) in [5.41, 5.74) is 0. The van der Waals surface area contributed by atoms with Gasteiger partial charge in [-0.1, -0.05) is 0 Å². The van der Waals surface area contributed by atoms with E-state index in [2.05, 4.69) is 0 Å². The van der Waals surface area contributed by atoms with Crippen LogP contribution in [0.25, 0.3) is 0 Å². The summed E-state index contributed by atoms with van der Waals surface area (Å²) in [5.74, 6) is 0. The van der Waals surface area contributed by atoms with Crippen molar-refractivity contribution in [2.75, 3.05) is 20.8 Å². The van der Waals surface area contributed by atoms with Crippen molar-refractivity contribution in [1.82, 2.24) is 0 Å². The van der Waals surface area contributed by atoms with Crippen molar-refractivity contribution in [1.29, 1.82) is 0 Å². The van der Waals surface area contributed by atoms with Crippen molar-refractivity contribution in [3.63, 3.8) is 0 Å². The molecule has 0 aromatic carbocycles. The number of aliphatic hydroxyl groups is 3. The first kappa shape index (κ1) is 13.5. The van der Waals surface area contributed by atoms with Crippen LogP contribution in [0, 0.1) is 0 Å². The molecule has 0 aliphatic rings. The minimum absolute atomic E-state index is 0.0559. The zero-order valence-electron chi connectivity index (χ0n) is 8.16. The van der Waals surface area contributed by atoms with Gasteiger partial charge < -0.3 is 29.6 Å². The number of ether oxygens (including phenoxy) is 2. The van der Waals surface area contributed by atoms with Crippen LogP contribution in [0.5, 0.6) is 0 Å². The molecule has 0 saturated carbocycles. The normalized spacial score (nSPS) is 19.8. The van der Waals surface area contributed by atoms with Gasteiger partial charge in [-0.3, -0.25) is 0 Å². The lowest BCUT2D eigenvalue weighted by Gasteiger charge is -2.26. The molecule has 0 bridgehead atoms. The summed E-state index contributed by atoms with van der Waals surface area (Å²) in [5, 5.41) is 27.6. The van der Waals surface area contributed by atoms with Crippen molar-refractivity contribution in [3.05, 3.63) is 0 Å². The summed E-state index contributed by atoms with van der Waals surface area (Å²) in [6, 6.07) is 0. The monoisotopic (exact) mass is 208 g/mol. The number of rotatable bonds is 7. The molecule has 4 atom stereocenters. The highest BCUT2D eigenvalue weighted by atomic mass is 16.5. The summed E-state index contributed by atoms with van der Waals surface area (Å²) in [7, 11) is 2.73. The Hall–Kier alpha value is -0.530. The first-order valence-electron chi connectivity index (χ1n) is 4.09. The first-order chi connectivity index (χ1) is 6.58. The minimum atomic E-state index is -1.63. The van der Waals surface area contributed by atoms with E-state index in [0.29, 0.717) is 0 Å². The van der Waals surface area contributed by atoms with Gasteiger partial charge in [0.15, 0.2) is 6.29 Å². The van der Waals surface area contributed by atoms with E-state index in [1.165, 1.54) is 14.2 Å². The quantitative estimate of drug-likeness (QED) is 0.416. The molecule has 0 amide bonds. The highest BCUT2D eigenvalue weighted by molar-refractivity contribution is 5.56. The molecule has 0 spiro atoms. The molecule has 0 fully saturated rings. The van der Waals surface area contributed by atoms with Crippen LogP contribution in [-0.4, -0.2) is 66.8 Å². The fourth-order valence-electron chi connectivity index (χ4n) is 0.973. The summed E-state index contributed by atoms with van der Waals surface area (Å²) < 4.78 is 9.52.